The summed E-state index contributed by atoms with van der Waals surface area (Å²) in [6.45, 7) is 8.89. The van der Waals surface area contributed by atoms with Crippen LogP contribution in [0.25, 0.3) is 0 Å². The van der Waals surface area contributed by atoms with Crippen molar-refractivity contribution in [3.63, 3.8) is 0 Å². The molecule has 0 amide bonds. The van der Waals surface area contributed by atoms with E-state index >= 15 is 0 Å². The SMILES string of the molecule is C=C1CC2=C(Cl)C(=O)C=C[C@]2(C)[C@H]2CC[C@]3(C)[C@@H](O)CC[C@H]3[C@H]12. The topological polar surface area (TPSA) is 37.3 Å². The zero-order chi connectivity index (χ0) is 16.6. The molecule has 3 heteroatoms. The molecule has 0 saturated heterocycles. The Kier molecular flexibility index (Phi) is 3.29. The predicted octanol–water partition coefficient (Wildman–Crippen LogP) is 4.39. The van der Waals surface area contributed by atoms with Crippen molar-refractivity contribution in [3.8, 4) is 0 Å². The molecular weight excluding hydrogens is 308 g/mol. The first-order chi connectivity index (χ1) is 10.8. The van der Waals surface area contributed by atoms with Crippen molar-refractivity contribution in [3.05, 3.63) is 34.9 Å². The molecule has 0 heterocycles. The van der Waals surface area contributed by atoms with Crippen LogP contribution in [0.5, 0.6) is 0 Å². The van der Waals surface area contributed by atoms with Gasteiger partial charge in [-0.3, -0.25) is 4.79 Å². The summed E-state index contributed by atoms with van der Waals surface area (Å²) in [6.07, 6.45) is 8.41. The van der Waals surface area contributed by atoms with Crippen molar-refractivity contribution in [1.29, 1.82) is 0 Å². The van der Waals surface area contributed by atoms with Crippen LogP contribution >= 0.6 is 11.6 Å². The van der Waals surface area contributed by atoms with Crippen molar-refractivity contribution >= 4 is 17.4 Å². The van der Waals surface area contributed by atoms with Gasteiger partial charge in [-0.25, -0.2) is 0 Å². The van der Waals surface area contributed by atoms with E-state index in [1.54, 1.807) is 6.08 Å². The summed E-state index contributed by atoms with van der Waals surface area (Å²) >= 11 is 6.39. The van der Waals surface area contributed by atoms with Gasteiger partial charge in [0.1, 0.15) is 0 Å². The quantitative estimate of drug-likeness (QED) is 0.668. The molecule has 0 radical (unpaired) electrons. The third-order valence-electron chi connectivity index (χ3n) is 7.58. The summed E-state index contributed by atoms with van der Waals surface area (Å²) in [5, 5.41) is 10.9. The second-order valence-electron chi connectivity index (χ2n) is 8.48. The number of rotatable bonds is 0. The minimum absolute atomic E-state index is 0.0275. The molecule has 1 N–H and O–H groups in total. The van der Waals surface area contributed by atoms with Crippen LogP contribution in [0.15, 0.2) is 34.9 Å². The lowest BCUT2D eigenvalue weighted by molar-refractivity contribution is -0.111. The van der Waals surface area contributed by atoms with Gasteiger partial charge in [0.25, 0.3) is 0 Å². The summed E-state index contributed by atoms with van der Waals surface area (Å²) in [7, 11) is 0. The van der Waals surface area contributed by atoms with E-state index in [-0.39, 0.29) is 22.7 Å². The molecule has 0 aromatic rings. The van der Waals surface area contributed by atoms with E-state index in [1.807, 2.05) is 0 Å². The van der Waals surface area contributed by atoms with Gasteiger partial charge in [0.15, 0.2) is 5.78 Å². The molecule has 4 aliphatic rings. The molecule has 4 rings (SSSR count). The molecule has 0 spiro atoms. The summed E-state index contributed by atoms with van der Waals surface area (Å²) in [6, 6.07) is 0. The Morgan fingerprint density at radius 2 is 2.00 bits per heavy atom. The number of halogens is 1. The number of hydrogen-bond donors (Lipinski definition) is 1. The zero-order valence-electron chi connectivity index (χ0n) is 13.9. The largest absolute Gasteiger partial charge is 0.393 e. The van der Waals surface area contributed by atoms with Gasteiger partial charge < -0.3 is 5.11 Å². The van der Waals surface area contributed by atoms with Gasteiger partial charge in [0.2, 0.25) is 0 Å². The standard InChI is InChI=1S/C20H25ClO2/c1-11-10-14-18(21)15(22)7-9-19(14,2)13-6-8-20(3)12(17(11)13)4-5-16(20)23/h7,9,12-13,16-17,23H,1,4-6,8,10H2,2-3H3/t12-,13-,16-,17-,19+,20-/m0/s1. The van der Waals surface area contributed by atoms with Crippen LogP contribution in [-0.4, -0.2) is 17.0 Å². The highest BCUT2D eigenvalue weighted by molar-refractivity contribution is 6.45. The average Bonchev–Trinajstić information content (AvgIpc) is 2.82. The highest BCUT2D eigenvalue weighted by Gasteiger charge is 2.59. The van der Waals surface area contributed by atoms with Crippen molar-refractivity contribution in [2.45, 2.75) is 52.1 Å². The van der Waals surface area contributed by atoms with Gasteiger partial charge in [-0.15, -0.1) is 0 Å². The van der Waals surface area contributed by atoms with Crippen molar-refractivity contribution < 1.29 is 9.90 Å². The second-order valence-corrected chi connectivity index (χ2v) is 8.86. The molecule has 6 atom stereocenters. The molecule has 23 heavy (non-hydrogen) atoms. The molecular formula is C20H25ClO2. The maximum absolute atomic E-state index is 12.0. The Labute approximate surface area is 143 Å². The number of fused-ring (bicyclic) bond motifs is 5. The van der Waals surface area contributed by atoms with Crippen molar-refractivity contribution in [1.82, 2.24) is 0 Å². The third kappa shape index (κ3) is 1.88. The van der Waals surface area contributed by atoms with E-state index in [4.69, 9.17) is 11.6 Å². The molecule has 0 aliphatic heterocycles. The van der Waals surface area contributed by atoms with E-state index < -0.39 is 0 Å². The minimum Gasteiger partial charge on any atom is -0.393 e. The molecule has 0 bridgehead atoms. The van der Waals surface area contributed by atoms with E-state index in [0.29, 0.717) is 22.8 Å². The Bertz CT molecular complexity index is 661. The molecule has 3 saturated carbocycles. The number of allylic oxidation sites excluding steroid dienone is 5. The van der Waals surface area contributed by atoms with Crippen LogP contribution in [0.3, 0.4) is 0 Å². The van der Waals surface area contributed by atoms with Gasteiger partial charge in [0, 0.05) is 5.41 Å². The van der Waals surface area contributed by atoms with Gasteiger partial charge in [-0.2, -0.15) is 0 Å². The number of carbonyl (C=O) groups excluding carboxylic acids is 1. The van der Waals surface area contributed by atoms with Crippen LogP contribution in [0.4, 0.5) is 0 Å². The molecule has 3 fully saturated rings. The third-order valence-corrected chi connectivity index (χ3v) is 7.99. The van der Waals surface area contributed by atoms with Crippen molar-refractivity contribution in [2.75, 3.05) is 0 Å². The van der Waals surface area contributed by atoms with Crippen molar-refractivity contribution in [2.24, 2.45) is 28.6 Å². The van der Waals surface area contributed by atoms with Crippen LogP contribution < -0.4 is 0 Å². The number of aliphatic hydroxyl groups is 1. The Balaban J connectivity index is 1.80. The van der Waals surface area contributed by atoms with E-state index in [9.17, 15) is 9.90 Å². The first-order valence-electron chi connectivity index (χ1n) is 8.77. The monoisotopic (exact) mass is 332 g/mol. The van der Waals surface area contributed by atoms with Gasteiger partial charge in [-0.1, -0.05) is 43.7 Å². The van der Waals surface area contributed by atoms with Crippen LogP contribution in [0, 0.1) is 28.6 Å². The van der Waals surface area contributed by atoms with E-state index in [0.717, 1.165) is 37.7 Å². The normalized spacial score (nSPS) is 49.0. The van der Waals surface area contributed by atoms with Gasteiger partial charge in [0.05, 0.1) is 11.1 Å². The molecule has 0 unspecified atom stereocenters. The number of hydrogen-bond acceptors (Lipinski definition) is 2. The lowest BCUT2D eigenvalue weighted by Gasteiger charge is -2.57. The molecule has 4 aliphatic carbocycles. The van der Waals surface area contributed by atoms with Crippen LogP contribution in [-0.2, 0) is 4.79 Å². The Morgan fingerprint density at radius 1 is 1.26 bits per heavy atom. The molecule has 0 aromatic carbocycles. The maximum atomic E-state index is 12.0. The first kappa shape index (κ1) is 15.7. The van der Waals surface area contributed by atoms with E-state index in [2.05, 4.69) is 26.5 Å². The fourth-order valence-corrected chi connectivity index (χ4v) is 6.46. The fourth-order valence-electron chi connectivity index (χ4n) is 6.12. The first-order valence-corrected chi connectivity index (χ1v) is 9.15. The molecule has 124 valence electrons. The van der Waals surface area contributed by atoms with Gasteiger partial charge >= 0.3 is 0 Å². The Morgan fingerprint density at radius 3 is 2.74 bits per heavy atom. The highest BCUT2D eigenvalue weighted by atomic mass is 35.5. The maximum Gasteiger partial charge on any atom is 0.196 e. The average molecular weight is 333 g/mol. The minimum atomic E-state index is -0.182. The van der Waals surface area contributed by atoms with Gasteiger partial charge in [-0.05, 0) is 66.9 Å². The fraction of sp³-hybridized carbons (Fsp3) is 0.650. The van der Waals surface area contributed by atoms with Crippen LogP contribution in [0.1, 0.15) is 46.0 Å². The van der Waals surface area contributed by atoms with Crippen LogP contribution in [0.2, 0.25) is 0 Å². The highest BCUT2D eigenvalue weighted by Crippen LogP contribution is 2.66. The molecule has 2 nitrogen and oxygen atoms in total. The zero-order valence-corrected chi connectivity index (χ0v) is 14.7. The summed E-state index contributed by atoms with van der Waals surface area (Å²) in [5.41, 5.74) is 2.18. The number of ketones is 1. The van der Waals surface area contributed by atoms with E-state index in [1.165, 1.54) is 5.57 Å². The lowest BCUT2D eigenvalue weighted by atomic mass is 9.47. The molecule has 0 aromatic heterocycles. The summed E-state index contributed by atoms with van der Waals surface area (Å²) in [5.74, 6) is 1.32. The Hall–Kier alpha value is -0.860. The second kappa shape index (κ2) is 4.83. The number of aliphatic hydroxyl groups excluding tert-OH is 1. The smallest absolute Gasteiger partial charge is 0.196 e. The predicted molar refractivity (Wildman–Crippen MR) is 91.9 cm³/mol. The summed E-state index contributed by atoms with van der Waals surface area (Å²) in [4.78, 5) is 12.0. The lowest BCUT2D eigenvalue weighted by Crippen LogP contribution is -2.51. The number of carbonyl (C=O) groups is 1. The summed E-state index contributed by atoms with van der Waals surface area (Å²) < 4.78 is 0.